The molecule has 0 heterocycles. The molecule has 0 fully saturated rings. The van der Waals surface area contributed by atoms with E-state index in [4.69, 9.17) is 16.3 Å². The predicted octanol–water partition coefficient (Wildman–Crippen LogP) is 2.30. The number of hydrogen-bond acceptors (Lipinski definition) is 5. The molecule has 1 amide bonds. The maximum Gasteiger partial charge on any atom is 0.338 e. The Kier molecular flexibility index (Phi) is 8.52. The molecular weight excluding hydrogens is 380 g/mol. The number of nitrogens with zero attached hydrogens (tertiary/aromatic N) is 1. The highest BCUT2D eigenvalue weighted by Crippen LogP contribution is 2.26. The molecule has 0 saturated carbocycles. The lowest BCUT2D eigenvalue weighted by atomic mass is 10.2. The second kappa shape index (κ2) is 9.89. The third-order valence-electron chi connectivity index (χ3n) is 3.53. The standard InChI is InChI=1S/C17H25ClN2O5S/c1-5-20(6-2)26(23,24)15-9-13(7-8-14(15)18)17(22)25-11-16(21)19-10-12(3)4/h7-9,12H,5-6,10-11H2,1-4H3,(H,19,21). The van der Waals surface area contributed by atoms with Crippen LogP contribution >= 0.6 is 11.6 Å². The van der Waals surface area contributed by atoms with Crippen LogP contribution < -0.4 is 5.32 Å². The molecule has 0 unspecified atom stereocenters. The van der Waals surface area contributed by atoms with Crippen LogP contribution in [0.5, 0.6) is 0 Å². The van der Waals surface area contributed by atoms with Crippen LogP contribution in [0.4, 0.5) is 0 Å². The van der Waals surface area contributed by atoms with Crippen LogP contribution in [0.2, 0.25) is 5.02 Å². The molecule has 0 aliphatic carbocycles. The first-order valence-corrected chi connectivity index (χ1v) is 10.2. The Hall–Kier alpha value is -1.64. The summed E-state index contributed by atoms with van der Waals surface area (Å²) in [5, 5.41) is 2.64. The number of sulfonamides is 1. The van der Waals surface area contributed by atoms with Gasteiger partial charge < -0.3 is 10.1 Å². The van der Waals surface area contributed by atoms with Gasteiger partial charge in [-0.05, 0) is 24.1 Å². The topological polar surface area (TPSA) is 92.8 Å². The van der Waals surface area contributed by atoms with Crippen molar-refractivity contribution in [2.75, 3.05) is 26.2 Å². The van der Waals surface area contributed by atoms with E-state index in [0.717, 1.165) is 0 Å². The molecule has 26 heavy (non-hydrogen) atoms. The molecule has 0 aliphatic heterocycles. The van der Waals surface area contributed by atoms with Crippen molar-refractivity contribution < 1.29 is 22.7 Å². The Morgan fingerprint density at radius 3 is 2.38 bits per heavy atom. The van der Waals surface area contributed by atoms with Crippen LogP contribution in [-0.4, -0.2) is 50.8 Å². The summed E-state index contributed by atoms with van der Waals surface area (Å²) in [6.07, 6.45) is 0. The molecule has 0 bridgehead atoms. The summed E-state index contributed by atoms with van der Waals surface area (Å²) in [4.78, 5) is 23.6. The molecule has 0 aliphatic rings. The average molecular weight is 405 g/mol. The quantitative estimate of drug-likeness (QED) is 0.637. The van der Waals surface area contributed by atoms with E-state index in [0.29, 0.717) is 6.54 Å². The molecule has 1 N–H and O–H groups in total. The van der Waals surface area contributed by atoms with E-state index in [9.17, 15) is 18.0 Å². The number of carbonyl (C=O) groups excluding carboxylic acids is 2. The van der Waals surface area contributed by atoms with Gasteiger partial charge in [-0.25, -0.2) is 13.2 Å². The first-order chi connectivity index (χ1) is 12.1. The third kappa shape index (κ3) is 5.96. The average Bonchev–Trinajstić information content (AvgIpc) is 2.58. The number of nitrogens with one attached hydrogen (secondary N) is 1. The summed E-state index contributed by atoms with van der Waals surface area (Å²) in [5.74, 6) is -0.937. The second-order valence-electron chi connectivity index (χ2n) is 6.01. The number of amides is 1. The van der Waals surface area contributed by atoms with Gasteiger partial charge in [0.25, 0.3) is 5.91 Å². The molecule has 0 radical (unpaired) electrons. The Morgan fingerprint density at radius 2 is 1.85 bits per heavy atom. The van der Waals surface area contributed by atoms with Gasteiger partial charge >= 0.3 is 5.97 Å². The molecule has 146 valence electrons. The fourth-order valence-electron chi connectivity index (χ4n) is 2.11. The normalized spacial score (nSPS) is 11.7. The van der Waals surface area contributed by atoms with Crippen molar-refractivity contribution in [1.82, 2.24) is 9.62 Å². The lowest BCUT2D eigenvalue weighted by Gasteiger charge is -2.19. The van der Waals surface area contributed by atoms with E-state index < -0.39 is 28.5 Å². The maximum absolute atomic E-state index is 12.6. The van der Waals surface area contributed by atoms with Gasteiger partial charge in [-0.2, -0.15) is 4.31 Å². The van der Waals surface area contributed by atoms with E-state index >= 15 is 0 Å². The number of hydrogen-bond donors (Lipinski definition) is 1. The van der Waals surface area contributed by atoms with Crippen LogP contribution in [0.15, 0.2) is 23.1 Å². The largest absolute Gasteiger partial charge is 0.452 e. The van der Waals surface area contributed by atoms with E-state index in [1.807, 2.05) is 13.8 Å². The summed E-state index contributed by atoms with van der Waals surface area (Å²) in [6, 6.07) is 3.86. The highest BCUT2D eigenvalue weighted by atomic mass is 35.5. The van der Waals surface area contributed by atoms with Crippen molar-refractivity contribution >= 4 is 33.5 Å². The van der Waals surface area contributed by atoms with Crippen molar-refractivity contribution in [2.24, 2.45) is 5.92 Å². The van der Waals surface area contributed by atoms with Crippen LogP contribution in [-0.2, 0) is 19.6 Å². The SMILES string of the molecule is CCN(CC)S(=O)(=O)c1cc(C(=O)OCC(=O)NCC(C)C)ccc1Cl. The number of benzene rings is 1. The van der Waals surface area contributed by atoms with Crippen molar-refractivity contribution in [3.05, 3.63) is 28.8 Å². The smallest absolute Gasteiger partial charge is 0.338 e. The number of esters is 1. The molecule has 1 aromatic carbocycles. The minimum Gasteiger partial charge on any atom is -0.452 e. The maximum atomic E-state index is 12.6. The molecule has 7 nitrogen and oxygen atoms in total. The monoisotopic (exact) mass is 404 g/mol. The summed E-state index contributed by atoms with van der Waals surface area (Å²) in [6.45, 7) is 7.90. The Morgan fingerprint density at radius 1 is 1.23 bits per heavy atom. The molecule has 0 spiro atoms. The van der Waals surface area contributed by atoms with Crippen molar-refractivity contribution in [1.29, 1.82) is 0 Å². The molecule has 0 saturated heterocycles. The number of halogens is 1. The molecule has 1 rings (SSSR count). The second-order valence-corrected chi connectivity index (χ2v) is 8.32. The van der Waals surface area contributed by atoms with Gasteiger partial charge in [0.15, 0.2) is 6.61 Å². The number of ether oxygens (including phenoxy) is 1. The zero-order valence-corrected chi connectivity index (χ0v) is 17.0. The fraction of sp³-hybridized carbons (Fsp3) is 0.529. The summed E-state index contributed by atoms with van der Waals surface area (Å²) in [7, 11) is -3.82. The number of carbonyl (C=O) groups is 2. The fourth-order valence-corrected chi connectivity index (χ4v) is 4.07. The molecule has 0 atom stereocenters. The Balaban J connectivity index is 2.92. The first-order valence-electron chi connectivity index (χ1n) is 8.36. The number of rotatable bonds is 9. The lowest BCUT2D eigenvalue weighted by Crippen LogP contribution is -2.32. The van der Waals surface area contributed by atoms with Gasteiger partial charge in [0.1, 0.15) is 4.90 Å². The Bertz CT molecular complexity index is 746. The summed E-state index contributed by atoms with van der Waals surface area (Å²) in [5.41, 5.74) is 0.0109. The van der Waals surface area contributed by atoms with Gasteiger partial charge in [-0.1, -0.05) is 39.3 Å². The zero-order chi connectivity index (χ0) is 19.9. The molecular formula is C17H25ClN2O5S. The lowest BCUT2D eigenvalue weighted by molar-refractivity contribution is -0.124. The molecule has 1 aromatic rings. The van der Waals surface area contributed by atoms with Gasteiger partial charge in [0, 0.05) is 19.6 Å². The minimum atomic E-state index is -3.82. The van der Waals surface area contributed by atoms with Crippen molar-refractivity contribution in [3.8, 4) is 0 Å². The zero-order valence-electron chi connectivity index (χ0n) is 15.4. The van der Waals surface area contributed by atoms with E-state index in [-0.39, 0.29) is 34.5 Å². The van der Waals surface area contributed by atoms with Crippen molar-refractivity contribution in [3.63, 3.8) is 0 Å². The van der Waals surface area contributed by atoms with E-state index in [1.54, 1.807) is 13.8 Å². The van der Waals surface area contributed by atoms with Gasteiger partial charge in [0.05, 0.1) is 10.6 Å². The minimum absolute atomic E-state index is 0.0109. The van der Waals surface area contributed by atoms with Gasteiger partial charge in [-0.3, -0.25) is 4.79 Å². The van der Waals surface area contributed by atoms with E-state index in [1.165, 1.54) is 22.5 Å². The first kappa shape index (κ1) is 22.4. The van der Waals surface area contributed by atoms with Crippen LogP contribution in [0.25, 0.3) is 0 Å². The summed E-state index contributed by atoms with van der Waals surface area (Å²) >= 11 is 6.02. The van der Waals surface area contributed by atoms with Crippen LogP contribution in [0, 0.1) is 5.92 Å². The van der Waals surface area contributed by atoms with Gasteiger partial charge in [-0.15, -0.1) is 0 Å². The van der Waals surface area contributed by atoms with Crippen molar-refractivity contribution in [2.45, 2.75) is 32.6 Å². The molecule has 0 aromatic heterocycles. The van der Waals surface area contributed by atoms with Crippen LogP contribution in [0.3, 0.4) is 0 Å². The Labute approximate surface area is 159 Å². The van der Waals surface area contributed by atoms with Crippen LogP contribution in [0.1, 0.15) is 38.1 Å². The van der Waals surface area contributed by atoms with Gasteiger partial charge in [0.2, 0.25) is 10.0 Å². The predicted molar refractivity (Wildman–Crippen MR) is 99.7 cm³/mol. The third-order valence-corrected chi connectivity index (χ3v) is 6.06. The van der Waals surface area contributed by atoms with E-state index in [2.05, 4.69) is 5.32 Å². The summed E-state index contributed by atoms with van der Waals surface area (Å²) < 4.78 is 31.4. The highest BCUT2D eigenvalue weighted by molar-refractivity contribution is 7.89. The molecule has 9 heteroatoms. The highest BCUT2D eigenvalue weighted by Gasteiger charge is 2.26.